The topological polar surface area (TPSA) is 76.0 Å². The average molecular weight is 381 g/mol. The minimum absolute atomic E-state index is 0.217. The van der Waals surface area contributed by atoms with Crippen molar-refractivity contribution in [1.82, 2.24) is 0 Å². The number of unbranched alkanes of at least 4 members (excludes halogenated alkanes) is 12. The fourth-order valence-electron chi connectivity index (χ4n) is 3.07. The van der Waals surface area contributed by atoms with Gasteiger partial charge < -0.3 is 9.79 Å². The fourth-order valence-corrected chi connectivity index (χ4v) is 3.30. The highest BCUT2D eigenvalue weighted by atomic mass is 31.2. The van der Waals surface area contributed by atoms with Crippen molar-refractivity contribution in [3.8, 4) is 0 Å². The van der Waals surface area contributed by atoms with Gasteiger partial charge in [0.15, 0.2) is 0 Å². The molecule has 1 atom stereocenters. The van der Waals surface area contributed by atoms with Crippen LogP contribution in [0.3, 0.4) is 0 Å². The normalized spacial score (nSPS) is 13.3. The lowest BCUT2D eigenvalue weighted by Gasteiger charge is -2.15. The van der Waals surface area contributed by atoms with Crippen LogP contribution in [-0.2, 0) is 14.1 Å². The van der Waals surface area contributed by atoms with E-state index in [1.165, 1.54) is 70.6 Å². The molecule has 0 spiro atoms. The van der Waals surface area contributed by atoms with E-state index < -0.39 is 7.82 Å². The average Bonchev–Trinajstić information content (AvgIpc) is 2.56. The summed E-state index contributed by atoms with van der Waals surface area (Å²) in [5.74, 6) is 0. The SMILES string of the molecule is CCCCCCCCCCCCCCCC(CCC)OOP(=O)(O)O. The van der Waals surface area contributed by atoms with Crippen LogP contribution in [0.4, 0.5) is 0 Å². The molecule has 6 heteroatoms. The molecule has 0 aromatic heterocycles. The van der Waals surface area contributed by atoms with Crippen LogP contribution in [-0.4, -0.2) is 15.9 Å². The largest absolute Gasteiger partial charge is 0.496 e. The summed E-state index contributed by atoms with van der Waals surface area (Å²) in [6, 6.07) is 0. The van der Waals surface area contributed by atoms with Crippen LogP contribution in [0.15, 0.2) is 0 Å². The lowest BCUT2D eigenvalue weighted by atomic mass is 10.0. The first kappa shape index (κ1) is 25.1. The van der Waals surface area contributed by atoms with Crippen LogP contribution in [0.5, 0.6) is 0 Å². The highest BCUT2D eigenvalue weighted by molar-refractivity contribution is 7.46. The van der Waals surface area contributed by atoms with Crippen molar-refractivity contribution in [3.05, 3.63) is 0 Å². The van der Waals surface area contributed by atoms with E-state index in [2.05, 4.69) is 11.6 Å². The highest BCUT2D eigenvalue weighted by Crippen LogP contribution is 2.37. The molecule has 0 aliphatic heterocycles. The Morgan fingerprint density at radius 2 is 1.12 bits per heavy atom. The monoisotopic (exact) mass is 380 g/mol. The molecule has 0 fully saturated rings. The van der Waals surface area contributed by atoms with E-state index in [0.29, 0.717) is 0 Å². The molecule has 0 saturated carbocycles. The van der Waals surface area contributed by atoms with Gasteiger partial charge >= 0.3 is 7.82 Å². The van der Waals surface area contributed by atoms with Gasteiger partial charge in [-0.05, 0) is 12.8 Å². The zero-order valence-electron chi connectivity index (χ0n) is 16.5. The lowest BCUT2D eigenvalue weighted by molar-refractivity contribution is -0.260. The van der Waals surface area contributed by atoms with Gasteiger partial charge in [-0.1, -0.05) is 104 Å². The molecular weight excluding hydrogens is 339 g/mol. The molecule has 2 N–H and O–H groups in total. The van der Waals surface area contributed by atoms with Crippen LogP contribution in [0.25, 0.3) is 0 Å². The Morgan fingerprint density at radius 3 is 1.52 bits per heavy atom. The molecule has 0 aliphatic rings. The third-order valence-corrected chi connectivity index (χ3v) is 4.80. The van der Waals surface area contributed by atoms with E-state index in [-0.39, 0.29) is 6.10 Å². The Morgan fingerprint density at radius 1 is 0.680 bits per heavy atom. The Balaban J connectivity index is 3.41. The molecule has 5 nitrogen and oxygen atoms in total. The lowest BCUT2D eigenvalue weighted by Crippen LogP contribution is -2.12. The molecule has 0 aromatic carbocycles. The first-order valence-electron chi connectivity index (χ1n) is 10.4. The van der Waals surface area contributed by atoms with E-state index in [9.17, 15) is 4.57 Å². The molecule has 0 radical (unpaired) electrons. The highest BCUT2D eigenvalue weighted by Gasteiger charge is 2.19. The van der Waals surface area contributed by atoms with Crippen molar-refractivity contribution in [1.29, 1.82) is 0 Å². The van der Waals surface area contributed by atoms with Gasteiger partial charge in [-0.25, -0.2) is 9.45 Å². The van der Waals surface area contributed by atoms with Crippen molar-refractivity contribution in [3.63, 3.8) is 0 Å². The maximum Gasteiger partial charge on any atom is 0.496 e. The van der Waals surface area contributed by atoms with Gasteiger partial charge in [-0.15, -0.1) is 4.67 Å². The predicted octanol–water partition coefficient (Wildman–Crippen LogP) is 6.68. The second-order valence-corrected chi connectivity index (χ2v) is 8.23. The van der Waals surface area contributed by atoms with Crippen molar-refractivity contribution in [2.75, 3.05) is 0 Å². The van der Waals surface area contributed by atoms with Crippen LogP contribution >= 0.6 is 7.82 Å². The maximum atomic E-state index is 10.7. The standard InChI is InChI=1S/C19H41O5P/c1-3-5-6-7-8-9-10-11-12-13-14-15-16-18-19(17-4-2)23-24-25(20,21)22/h19H,3-18H2,1-2H3,(H2,20,21,22). The zero-order valence-corrected chi connectivity index (χ0v) is 17.4. The van der Waals surface area contributed by atoms with Crippen molar-refractivity contribution >= 4 is 7.82 Å². The van der Waals surface area contributed by atoms with Crippen molar-refractivity contribution in [2.45, 2.75) is 123 Å². The quantitative estimate of drug-likeness (QED) is 0.113. The number of rotatable bonds is 19. The molecule has 0 aliphatic carbocycles. The van der Waals surface area contributed by atoms with Gasteiger partial charge in [0, 0.05) is 0 Å². The Labute approximate surface area is 155 Å². The van der Waals surface area contributed by atoms with Gasteiger partial charge in [0.05, 0.1) is 6.10 Å². The van der Waals surface area contributed by atoms with E-state index in [1.54, 1.807) is 0 Å². The van der Waals surface area contributed by atoms with Crippen LogP contribution < -0.4 is 0 Å². The first-order chi connectivity index (χ1) is 12.0. The Hall–Kier alpha value is 0.0700. The van der Waals surface area contributed by atoms with Crippen LogP contribution in [0, 0.1) is 0 Å². The summed E-state index contributed by atoms with van der Waals surface area (Å²) < 4.78 is 14.9. The van der Waals surface area contributed by atoms with E-state index >= 15 is 0 Å². The molecule has 25 heavy (non-hydrogen) atoms. The van der Waals surface area contributed by atoms with Gasteiger partial charge in [-0.3, -0.25) is 0 Å². The predicted molar refractivity (Wildman–Crippen MR) is 103 cm³/mol. The van der Waals surface area contributed by atoms with Gasteiger partial charge in [-0.2, -0.15) is 0 Å². The third-order valence-electron chi connectivity index (χ3n) is 4.52. The summed E-state index contributed by atoms with van der Waals surface area (Å²) in [5.41, 5.74) is 0. The summed E-state index contributed by atoms with van der Waals surface area (Å²) in [7, 11) is -4.54. The van der Waals surface area contributed by atoms with E-state index in [1.807, 2.05) is 6.92 Å². The Bertz CT molecular complexity index is 319. The fraction of sp³-hybridized carbons (Fsp3) is 1.00. The Kier molecular flexibility index (Phi) is 17.5. The minimum Gasteiger partial charge on any atom is -0.301 e. The third kappa shape index (κ3) is 20.2. The van der Waals surface area contributed by atoms with Crippen molar-refractivity contribution in [2.24, 2.45) is 0 Å². The smallest absolute Gasteiger partial charge is 0.301 e. The summed E-state index contributed by atoms with van der Waals surface area (Å²) in [4.78, 5) is 22.3. The summed E-state index contributed by atoms with van der Waals surface area (Å²) in [6.07, 6.45) is 19.3. The van der Waals surface area contributed by atoms with Crippen molar-refractivity contribution < 1.29 is 23.9 Å². The molecular formula is C19H41O5P. The molecule has 1 unspecified atom stereocenters. The molecule has 0 rings (SSSR count). The summed E-state index contributed by atoms with van der Waals surface area (Å²) >= 11 is 0. The summed E-state index contributed by atoms with van der Waals surface area (Å²) in [5, 5.41) is 0. The van der Waals surface area contributed by atoms with Gasteiger partial charge in [0.25, 0.3) is 0 Å². The second kappa shape index (κ2) is 17.5. The van der Waals surface area contributed by atoms with Crippen LogP contribution in [0.2, 0.25) is 0 Å². The van der Waals surface area contributed by atoms with Gasteiger partial charge in [0.2, 0.25) is 0 Å². The maximum absolute atomic E-state index is 10.7. The van der Waals surface area contributed by atoms with E-state index in [0.717, 1.165) is 32.1 Å². The molecule has 152 valence electrons. The molecule has 0 bridgehead atoms. The molecule has 0 heterocycles. The molecule has 0 saturated heterocycles. The summed E-state index contributed by atoms with van der Waals surface area (Å²) in [6.45, 7) is 4.28. The molecule has 0 amide bonds. The first-order valence-corrected chi connectivity index (χ1v) is 11.9. The van der Waals surface area contributed by atoms with Gasteiger partial charge in [0.1, 0.15) is 0 Å². The van der Waals surface area contributed by atoms with E-state index in [4.69, 9.17) is 14.7 Å². The minimum atomic E-state index is -4.54. The second-order valence-electron chi connectivity index (χ2n) is 7.10. The number of phosphoric acid groups is 1. The number of hydrogen-bond acceptors (Lipinski definition) is 3. The number of hydrogen-bond donors (Lipinski definition) is 2. The zero-order chi connectivity index (χ0) is 18.8. The molecule has 0 aromatic rings. The van der Waals surface area contributed by atoms with Crippen LogP contribution in [0.1, 0.15) is 117 Å².